The van der Waals surface area contributed by atoms with Crippen molar-refractivity contribution < 1.29 is 17.6 Å². The van der Waals surface area contributed by atoms with Crippen LogP contribution in [0.15, 0.2) is 69.5 Å². The molecule has 10 heteroatoms. The lowest BCUT2D eigenvalue weighted by Gasteiger charge is -2.07. The Bertz CT molecular complexity index is 1270. The van der Waals surface area contributed by atoms with Crippen molar-refractivity contribution in [2.75, 3.05) is 0 Å². The Labute approximate surface area is 187 Å². The molecule has 0 aliphatic carbocycles. The zero-order valence-corrected chi connectivity index (χ0v) is 18.9. The number of aromatic nitrogens is 1. The molecule has 0 aliphatic heterocycles. The van der Waals surface area contributed by atoms with Crippen molar-refractivity contribution in [2.45, 2.75) is 24.9 Å². The van der Waals surface area contributed by atoms with Crippen molar-refractivity contribution in [3.63, 3.8) is 0 Å². The van der Waals surface area contributed by atoms with Gasteiger partial charge in [0.2, 0.25) is 10.0 Å². The third-order valence-corrected chi connectivity index (χ3v) is 7.70. The average Bonchev–Trinajstić information content (AvgIpc) is 3.52. The van der Waals surface area contributed by atoms with E-state index >= 15 is 0 Å². The zero-order valence-electron chi connectivity index (χ0n) is 16.5. The minimum Gasteiger partial charge on any atom is -0.468 e. The molecule has 0 radical (unpaired) electrons. The van der Waals surface area contributed by atoms with Crippen molar-refractivity contribution in [3.8, 4) is 10.6 Å². The standard InChI is InChI=1S/C21H19N3O4S3/c1-14-24-19(13-29-14)20-9-6-17(30-20)12-22-21(25)15-4-7-18(8-5-15)31(26,27)23-11-16-3-2-10-28-16/h2-10,13,23H,11-12H2,1H3,(H,22,25). The molecule has 4 rings (SSSR count). The molecule has 0 bridgehead atoms. The summed E-state index contributed by atoms with van der Waals surface area (Å²) in [5.74, 6) is 0.244. The van der Waals surface area contributed by atoms with E-state index in [-0.39, 0.29) is 17.3 Å². The molecule has 0 atom stereocenters. The van der Waals surface area contributed by atoms with E-state index in [2.05, 4.69) is 15.0 Å². The van der Waals surface area contributed by atoms with Gasteiger partial charge in [0.05, 0.1) is 39.8 Å². The fourth-order valence-corrected chi connectivity index (χ4v) is 5.39. The van der Waals surface area contributed by atoms with Gasteiger partial charge >= 0.3 is 0 Å². The molecule has 7 nitrogen and oxygen atoms in total. The normalized spacial score (nSPS) is 11.5. The Morgan fingerprint density at radius 2 is 1.90 bits per heavy atom. The largest absolute Gasteiger partial charge is 0.468 e. The first-order valence-electron chi connectivity index (χ1n) is 9.32. The summed E-state index contributed by atoms with van der Waals surface area (Å²) in [6, 6.07) is 13.1. The molecule has 0 saturated carbocycles. The van der Waals surface area contributed by atoms with Crippen LogP contribution < -0.4 is 10.0 Å². The van der Waals surface area contributed by atoms with E-state index in [9.17, 15) is 13.2 Å². The molecule has 4 aromatic rings. The number of rotatable bonds is 8. The number of carbonyl (C=O) groups excluding carboxylic acids is 1. The predicted octanol–water partition coefficient (Wildman–Crippen LogP) is 4.18. The number of nitrogens with zero attached hydrogens (tertiary/aromatic N) is 1. The van der Waals surface area contributed by atoms with Crippen LogP contribution in [0.5, 0.6) is 0 Å². The van der Waals surface area contributed by atoms with Gasteiger partial charge < -0.3 is 9.73 Å². The maximum Gasteiger partial charge on any atom is 0.251 e. The molecule has 0 aliphatic rings. The van der Waals surface area contributed by atoms with Crippen LogP contribution in [-0.4, -0.2) is 19.3 Å². The third-order valence-electron chi connectivity index (χ3n) is 4.40. The van der Waals surface area contributed by atoms with E-state index in [4.69, 9.17) is 4.42 Å². The summed E-state index contributed by atoms with van der Waals surface area (Å²) in [5.41, 5.74) is 1.33. The van der Waals surface area contributed by atoms with Crippen LogP contribution in [0.2, 0.25) is 0 Å². The summed E-state index contributed by atoms with van der Waals surface area (Å²) in [7, 11) is -3.70. The SMILES string of the molecule is Cc1nc(-c2ccc(CNC(=O)c3ccc(S(=O)(=O)NCc4ccco4)cc3)s2)cs1. The van der Waals surface area contributed by atoms with Gasteiger partial charge in [-0.3, -0.25) is 4.79 Å². The molecule has 2 N–H and O–H groups in total. The molecule has 0 unspecified atom stereocenters. The number of hydrogen-bond acceptors (Lipinski definition) is 7. The van der Waals surface area contributed by atoms with Crippen LogP contribution in [0, 0.1) is 6.92 Å². The number of aryl methyl sites for hydroxylation is 1. The summed E-state index contributed by atoms with van der Waals surface area (Å²) >= 11 is 3.18. The second-order valence-corrected chi connectivity index (χ2v) is 10.6. The van der Waals surface area contributed by atoms with Crippen molar-refractivity contribution in [3.05, 3.63) is 81.4 Å². The van der Waals surface area contributed by atoms with E-state index < -0.39 is 10.0 Å². The smallest absolute Gasteiger partial charge is 0.251 e. The number of hydrogen-bond donors (Lipinski definition) is 2. The van der Waals surface area contributed by atoms with Crippen molar-refractivity contribution >= 4 is 38.6 Å². The highest BCUT2D eigenvalue weighted by atomic mass is 32.2. The molecule has 0 spiro atoms. The molecular weight excluding hydrogens is 454 g/mol. The minimum absolute atomic E-state index is 0.0564. The molecule has 0 fully saturated rings. The third kappa shape index (κ3) is 5.28. The number of amides is 1. The molecule has 1 amide bonds. The summed E-state index contributed by atoms with van der Waals surface area (Å²) in [6.07, 6.45) is 1.48. The highest BCUT2D eigenvalue weighted by Gasteiger charge is 2.15. The minimum atomic E-state index is -3.70. The number of thiazole rings is 1. The Kier molecular flexibility index (Phi) is 6.33. The molecule has 31 heavy (non-hydrogen) atoms. The second-order valence-electron chi connectivity index (χ2n) is 6.63. The quantitative estimate of drug-likeness (QED) is 0.400. The van der Waals surface area contributed by atoms with Crippen molar-refractivity contribution in [2.24, 2.45) is 0 Å². The zero-order chi connectivity index (χ0) is 21.8. The lowest BCUT2D eigenvalue weighted by atomic mass is 10.2. The molecule has 3 aromatic heterocycles. The maximum absolute atomic E-state index is 12.4. The number of furan rings is 1. The van der Waals surface area contributed by atoms with Crippen LogP contribution >= 0.6 is 22.7 Å². The predicted molar refractivity (Wildman–Crippen MR) is 121 cm³/mol. The number of sulfonamides is 1. The molecule has 3 heterocycles. The Hall–Kier alpha value is -2.79. The van der Waals surface area contributed by atoms with Gasteiger partial charge in [-0.05, 0) is 55.5 Å². The van der Waals surface area contributed by atoms with E-state index in [1.807, 2.05) is 24.4 Å². The molecule has 1 aromatic carbocycles. The number of carbonyl (C=O) groups is 1. The van der Waals surface area contributed by atoms with Gasteiger partial charge in [-0.15, -0.1) is 22.7 Å². The summed E-state index contributed by atoms with van der Waals surface area (Å²) in [5, 5.41) is 5.89. The topological polar surface area (TPSA) is 101 Å². The maximum atomic E-state index is 12.4. The molecule has 160 valence electrons. The lowest BCUT2D eigenvalue weighted by Crippen LogP contribution is -2.24. The van der Waals surface area contributed by atoms with E-state index in [1.165, 1.54) is 30.5 Å². The van der Waals surface area contributed by atoms with Crippen LogP contribution in [0.3, 0.4) is 0 Å². The fourth-order valence-electron chi connectivity index (χ4n) is 2.80. The summed E-state index contributed by atoms with van der Waals surface area (Å²) in [6.45, 7) is 2.41. The van der Waals surface area contributed by atoms with Crippen molar-refractivity contribution in [1.82, 2.24) is 15.0 Å². The van der Waals surface area contributed by atoms with Crippen LogP contribution in [0.25, 0.3) is 10.6 Å². The fraction of sp³-hybridized carbons (Fsp3) is 0.143. The van der Waals surface area contributed by atoms with Gasteiger partial charge in [0.25, 0.3) is 5.91 Å². The van der Waals surface area contributed by atoms with E-state index in [1.54, 1.807) is 34.8 Å². The van der Waals surface area contributed by atoms with E-state index in [0.29, 0.717) is 17.9 Å². The first kappa shape index (κ1) is 21.4. The van der Waals surface area contributed by atoms with Gasteiger partial charge in [-0.1, -0.05) is 0 Å². The monoisotopic (exact) mass is 473 g/mol. The Balaban J connectivity index is 1.34. The van der Waals surface area contributed by atoms with E-state index in [0.717, 1.165) is 20.5 Å². The molecular formula is C21H19N3O4S3. The van der Waals surface area contributed by atoms with Crippen LogP contribution in [0.1, 0.15) is 26.0 Å². The highest BCUT2D eigenvalue weighted by molar-refractivity contribution is 7.89. The van der Waals surface area contributed by atoms with Crippen LogP contribution in [-0.2, 0) is 23.1 Å². The van der Waals surface area contributed by atoms with Gasteiger partial charge in [0.1, 0.15) is 5.76 Å². The Morgan fingerprint density at radius 1 is 1.10 bits per heavy atom. The second kappa shape index (κ2) is 9.15. The summed E-state index contributed by atoms with van der Waals surface area (Å²) in [4.78, 5) is 19.1. The lowest BCUT2D eigenvalue weighted by molar-refractivity contribution is 0.0951. The highest BCUT2D eigenvalue weighted by Crippen LogP contribution is 2.29. The first-order valence-corrected chi connectivity index (χ1v) is 12.5. The van der Waals surface area contributed by atoms with Gasteiger partial charge in [0, 0.05) is 15.8 Å². The number of thiophene rings is 1. The van der Waals surface area contributed by atoms with Gasteiger partial charge in [-0.2, -0.15) is 0 Å². The average molecular weight is 474 g/mol. The number of nitrogens with one attached hydrogen (secondary N) is 2. The molecule has 0 saturated heterocycles. The first-order chi connectivity index (χ1) is 14.9. The Morgan fingerprint density at radius 3 is 2.58 bits per heavy atom. The van der Waals surface area contributed by atoms with Gasteiger partial charge in [-0.25, -0.2) is 18.1 Å². The van der Waals surface area contributed by atoms with Crippen molar-refractivity contribution in [1.29, 1.82) is 0 Å². The van der Waals surface area contributed by atoms with Gasteiger partial charge in [0.15, 0.2) is 0 Å². The number of benzene rings is 1. The summed E-state index contributed by atoms with van der Waals surface area (Å²) < 4.78 is 32.4. The van der Waals surface area contributed by atoms with Crippen LogP contribution in [0.4, 0.5) is 0 Å².